The number of rotatable bonds is 3. The number of aryl methyl sites for hydroxylation is 2. The standard InChI is InChI=1S/C17H15BrN2O3/c1-9-3-10(2)5-11(4-9)23-16-8-19-20-17(16)12-6-13(18)15(22)7-14(12)21/h3-8,21-22H,1-2H3,(H,19,20). The molecule has 5 nitrogen and oxygen atoms in total. The topological polar surface area (TPSA) is 78.4 Å². The third-order valence-electron chi connectivity index (χ3n) is 3.36. The van der Waals surface area contributed by atoms with Crippen molar-refractivity contribution in [2.75, 3.05) is 0 Å². The Kier molecular flexibility index (Phi) is 4.00. The van der Waals surface area contributed by atoms with Gasteiger partial charge in [0.05, 0.1) is 10.7 Å². The molecule has 118 valence electrons. The molecule has 0 saturated heterocycles. The molecule has 0 spiro atoms. The first-order valence-corrected chi connectivity index (χ1v) is 7.74. The van der Waals surface area contributed by atoms with E-state index < -0.39 is 0 Å². The molecule has 23 heavy (non-hydrogen) atoms. The van der Waals surface area contributed by atoms with E-state index >= 15 is 0 Å². The number of nitrogens with zero attached hydrogens (tertiary/aromatic N) is 1. The van der Waals surface area contributed by atoms with Crippen molar-refractivity contribution in [1.29, 1.82) is 0 Å². The van der Waals surface area contributed by atoms with Crippen molar-refractivity contribution in [1.82, 2.24) is 10.2 Å². The molecule has 0 radical (unpaired) electrons. The Morgan fingerprint density at radius 1 is 1.00 bits per heavy atom. The molecule has 0 unspecified atom stereocenters. The maximum Gasteiger partial charge on any atom is 0.173 e. The molecule has 0 aliphatic carbocycles. The number of halogens is 1. The Morgan fingerprint density at radius 3 is 2.39 bits per heavy atom. The highest BCUT2D eigenvalue weighted by Crippen LogP contribution is 2.41. The first-order chi connectivity index (χ1) is 10.9. The van der Waals surface area contributed by atoms with Gasteiger partial charge >= 0.3 is 0 Å². The average Bonchev–Trinajstić information content (AvgIpc) is 2.89. The molecule has 3 N–H and O–H groups in total. The lowest BCUT2D eigenvalue weighted by molar-refractivity contribution is 0.448. The number of benzene rings is 2. The molecular formula is C17H15BrN2O3. The second-order valence-electron chi connectivity index (χ2n) is 5.36. The fraction of sp³-hybridized carbons (Fsp3) is 0.118. The van der Waals surface area contributed by atoms with Gasteiger partial charge in [0.25, 0.3) is 0 Å². The molecule has 3 aromatic rings. The lowest BCUT2D eigenvalue weighted by Crippen LogP contribution is -1.89. The number of aromatic nitrogens is 2. The van der Waals surface area contributed by atoms with E-state index in [0.717, 1.165) is 11.1 Å². The van der Waals surface area contributed by atoms with Crippen LogP contribution in [0.4, 0.5) is 0 Å². The summed E-state index contributed by atoms with van der Waals surface area (Å²) in [6, 6.07) is 8.78. The molecule has 1 heterocycles. The van der Waals surface area contributed by atoms with Gasteiger partial charge in [-0.05, 0) is 59.1 Å². The van der Waals surface area contributed by atoms with Gasteiger partial charge in [0, 0.05) is 11.6 Å². The SMILES string of the molecule is Cc1cc(C)cc(Oc2cn[nH]c2-c2cc(Br)c(O)cc2O)c1. The Bertz CT molecular complexity index is 854. The van der Waals surface area contributed by atoms with Gasteiger partial charge in [0.15, 0.2) is 5.75 Å². The van der Waals surface area contributed by atoms with Gasteiger partial charge in [0.2, 0.25) is 0 Å². The van der Waals surface area contributed by atoms with Crippen molar-refractivity contribution in [3.8, 4) is 34.3 Å². The van der Waals surface area contributed by atoms with E-state index in [1.807, 2.05) is 26.0 Å². The number of phenols is 2. The molecule has 6 heteroatoms. The van der Waals surface area contributed by atoms with E-state index in [9.17, 15) is 10.2 Å². The van der Waals surface area contributed by atoms with Crippen LogP contribution in [0.3, 0.4) is 0 Å². The van der Waals surface area contributed by atoms with Gasteiger partial charge in [-0.15, -0.1) is 0 Å². The third-order valence-corrected chi connectivity index (χ3v) is 4.00. The highest BCUT2D eigenvalue weighted by molar-refractivity contribution is 9.10. The molecule has 0 bridgehead atoms. The number of hydrogen-bond acceptors (Lipinski definition) is 4. The third kappa shape index (κ3) is 3.17. The molecule has 3 rings (SSSR count). The Morgan fingerprint density at radius 2 is 1.70 bits per heavy atom. The van der Waals surface area contributed by atoms with Gasteiger partial charge in [-0.25, -0.2) is 0 Å². The van der Waals surface area contributed by atoms with Crippen molar-refractivity contribution in [3.63, 3.8) is 0 Å². The van der Waals surface area contributed by atoms with E-state index in [-0.39, 0.29) is 11.5 Å². The van der Waals surface area contributed by atoms with Crippen LogP contribution in [-0.2, 0) is 0 Å². The average molecular weight is 375 g/mol. The van der Waals surface area contributed by atoms with Gasteiger partial charge in [0.1, 0.15) is 22.9 Å². The summed E-state index contributed by atoms with van der Waals surface area (Å²) in [7, 11) is 0. The van der Waals surface area contributed by atoms with Crippen LogP contribution in [0.2, 0.25) is 0 Å². The minimum absolute atomic E-state index is 0.0393. The van der Waals surface area contributed by atoms with E-state index in [1.54, 1.807) is 12.3 Å². The maximum absolute atomic E-state index is 10.1. The zero-order valence-corrected chi connectivity index (χ0v) is 14.2. The number of aromatic amines is 1. The molecule has 2 aromatic carbocycles. The van der Waals surface area contributed by atoms with Gasteiger partial charge in [-0.3, -0.25) is 5.10 Å². The van der Waals surface area contributed by atoms with Crippen LogP contribution in [0.25, 0.3) is 11.3 Å². The quantitative estimate of drug-likeness (QED) is 0.622. The number of nitrogens with one attached hydrogen (secondary N) is 1. The Balaban J connectivity index is 2.01. The van der Waals surface area contributed by atoms with Crippen LogP contribution in [-0.4, -0.2) is 20.4 Å². The lowest BCUT2D eigenvalue weighted by atomic mass is 10.1. The monoisotopic (exact) mass is 374 g/mol. The molecule has 0 aliphatic heterocycles. The first kappa shape index (κ1) is 15.4. The van der Waals surface area contributed by atoms with Crippen LogP contribution in [0.1, 0.15) is 11.1 Å². The summed E-state index contributed by atoms with van der Waals surface area (Å²) in [5, 5.41) is 26.5. The summed E-state index contributed by atoms with van der Waals surface area (Å²) in [6.07, 6.45) is 1.55. The van der Waals surface area contributed by atoms with Gasteiger partial charge < -0.3 is 14.9 Å². The number of ether oxygens (including phenoxy) is 1. The predicted octanol–water partition coefficient (Wildman–Crippen LogP) is 4.66. The van der Waals surface area contributed by atoms with Gasteiger partial charge in [-0.2, -0.15) is 5.10 Å². The number of phenolic OH excluding ortho intramolecular Hbond substituents is 2. The lowest BCUT2D eigenvalue weighted by Gasteiger charge is -2.10. The Hall–Kier alpha value is -2.47. The number of hydrogen-bond donors (Lipinski definition) is 3. The van der Waals surface area contributed by atoms with Crippen LogP contribution in [0.15, 0.2) is 41.0 Å². The summed E-state index contributed by atoms with van der Waals surface area (Å²) in [6.45, 7) is 4.00. The van der Waals surface area contributed by atoms with Crippen molar-refractivity contribution in [2.45, 2.75) is 13.8 Å². The number of aromatic hydroxyl groups is 2. The second-order valence-corrected chi connectivity index (χ2v) is 6.21. The molecule has 0 amide bonds. The van der Waals surface area contributed by atoms with Gasteiger partial charge in [-0.1, -0.05) is 6.07 Å². The largest absolute Gasteiger partial charge is 0.507 e. The smallest absolute Gasteiger partial charge is 0.173 e. The summed E-state index contributed by atoms with van der Waals surface area (Å²) < 4.78 is 6.38. The summed E-state index contributed by atoms with van der Waals surface area (Å²) in [5.74, 6) is 1.08. The fourth-order valence-corrected chi connectivity index (χ4v) is 2.76. The van der Waals surface area contributed by atoms with Crippen molar-refractivity contribution >= 4 is 15.9 Å². The molecule has 0 aliphatic rings. The minimum atomic E-state index is -0.0692. The van der Waals surface area contributed by atoms with E-state index in [1.165, 1.54) is 6.07 Å². The first-order valence-electron chi connectivity index (χ1n) is 6.95. The number of H-pyrrole nitrogens is 1. The zero-order valence-electron chi connectivity index (χ0n) is 12.6. The Labute approximate surface area is 141 Å². The molecule has 1 aromatic heterocycles. The molecule has 0 atom stereocenters. The van der Waals surface area contributed by atoms with Crippen molar-refractivity contribution < 1.29 is 14.9 Å². The normalized spacial score (nSPS) is 10.7. The summed E-state index contributed by atoms with van der Waals surface area (Å²) >= 11 is 3.24. The fourth-order valence-electron chi connectivity index (χ4n) is 2.42. The van der Waals surface area contributed by atoms with E-state index in [4.69, 9.17) is 4.74 Å². The van der Waals surface area contributed by atoms with Crippen LogP contribution in [0.5, 0.6) is 23.0 Å². The molecule has 0 fully saturated rings. The van der Waals surface area contributed by atoms with Crippen LogP contribution in [0, 0.1) is 13.8 Å². The summed E-state index contributed by atoms with van der Waals surface area (Å²) in [4.78, 5) is 0. The second kappa shape index (κ2) is 5.96. The van der Waals surface area contributed by atoms with E-state index in [0.29, 0.717) is 27.2 Å². The summed E-state index contributed by atoms with van der Waals surface area (Å²) in [5.41, 5.74) is 3.20. The predicted molar refractivity (Wildman–Crippen MR) is 91.0 cm³/mol. The minimum Gasteiger partial charge on any atom is -0.507 e. The molecule has 0 saturated carbocycles. The van der Waals surface area contributed by atoms with Crippen LogP contribution < -0.4 is 4.74 Å². The highest BCUT2D eigenvalue weighted by Gasteiger charge is 2.16. The highest BCUT2D eigenvalue weighted by atomic mass is 79.9. The van der Waals surface area contributed by atoms with Crippen LogP contribution >= 0.6 is 15.9 Å². The van der Waals surface area contributed by atoms with Crippen molar-refractivity contribution in [3.05, 3.63) is 52.1 Å². The molecular weight excluding hydrogens is 360 g/mol. The zero-order chi connectivity index (χ0) is 16.6. The van der Waals surface area contributed by atoms with E-state index in [2.05, 4.69) is 32.2 Å². The van der Waals surface area contributed by atoms with Crippen molar-refractivity contribution in [2.24, 2.45) is 0 Å². The maximum atomic E-state index is 10.1.